The first-order chi connectivity index (χ1) is 13.7. The Hall–Kier alpha value is -2.13. The van der Waals surface area contributed by atoms with Gasteiger partial charge in [0, 0.05) is 30.4 Å². The molecule has 3 nitrogen and oxygen atoms in total. The van der Waals surface area contributed by atoms with E-state index in [0.29, 0.717) is 0 Å². The summed E-state index contributed by atoms with van der Waals surface area (Å²) >= 11 is 0. The second-order valence-electron chi connectivity index (χ2n) is 8.40. The molecule has 0 saturated heterocycles. The summed E-state index contributed by atoms with van der Waals surface area (Å²) in [5.74, 6) is -0.518. The molecule has 152 valence electrons. The molecule has 5 heteroatoms. The maximum atomic E-state index is 14.9. The van der Waals surface area contributed by atoms with Gasteiger partial charge in [-0.05, 0) is 37.3 Å². The molecule has 0 N–H and O–H groups in total. The highest BCUT2D eigenvalue weighted by Gasteiger charge is 2.41. The number of anilines is 1. The maximum absolute atomic E-state index is 14.9. The van der Waals surface area contributed by atoms with Crippen molar-refractivity contribution in [3.63, 3.8) is 0 Å². The van der Waals surface area contributed by atoms with Crippen molar-refractivity contribution < 1.29 is 8.99 Å². The average molecular weight is 424 g/mol. The van der Waals surface area contributed by atoms with Gasteiger partial charge in [0.1, 0.15) is 5.85 Å². The number of hydrogen-bond acceptors (Lipinski definition) is 3. The minimum Gasteiger partial charge on any atom is -0.403 e. The maximum Gasteiger partial charge on any atom is 0.185 e. The normalized spacial score (nSPS) is 13.1. The third kappa shape index (κ3) is 4.89. The van der Waals surface area contributed by atoms with Crippen LogP contribution in [0.5, 0.6) is 0 Å². The highest BCUT2D eigenvalue weighted by molar-refractivity contribution is 7.78. The molecule has 0 saturated carbocycles. The third-order valence-electron chi connectivity index (χ3n) is 4.77. The van der Waals surface area contributed by atoms with Crippen LogP contribution < -0.4 is 15.5 Å². The minimum absolute atomic E-state index is 0.518. The van der Waals surface area contributed by atoms with Gasteiger partial charge in [0.2, 0.25) is 0 Å². The monoisotopic (exact) mass is 423 g/mol. The summed E-state index contributed by atoms with van der Waals surface area (Å²) < 4.78 is 21.6. The Bertz CT molecular complexity index is 924. The molecule has 0 spiro atoms. The van der Waals surface area contributed by atoms with Crippen LogP contribution in [0.4, 0.5) is 5.69 Å². The standard InChI is InChI=1S/C24H30NO2PSi/c1-25(2)21-18-16-20(17-19-21)24(27-29(3,4)5)28(26,22-12-8-6-9-13-22)23-14-10-7-11-15-23/h6-19,24H,1-5H3/t24-/m1/s1. The second-order valence-corrected chi connectivity index (χ2v) is 15.7. The molecule has 3 aromatic rings. The lowest BCUT2D eigenvalue weighted by Gasteiger charge is -2.34. The predicted octanol–water partition coefficient (Wildman–Crippen LogP) is 5.62. The molecule has 0 aliphatic rings. The van der Waals surface area contributed by atoms with Crippen molar-refractivity contribution in [2.45, 2.75) is 25.5 Å². The van der Waals surface area contributed by atoms with Crippen LogP contribution in [-0.4, -0.2) is 22.4 Å². The van der Waals surface area contributed by atoms with Crippen molar-refractivity contribution in [2.75, 3.05) is 19.0 Å². The number of rotatable bonds is 7. The molecule has 0 unspecified atom stereocenters. The van der Waals surface area contributed by atoms with Gasteiger partial charge in [-0.1, -0.05) is 72.8 Å². The lowest BCUT2D eigenvalue weighted by atomic mass is 10.2. The van der Waals surface area contributed by atoms with Gasteiger partial charge >= 0.3 is 0 Å². The lowest BCUT2D eigenvalue weighted by molar-refractivity contribution is 0.275. The SMILES string of the molecule is CN(C)c1ccc([C@H](O[Si](C)(C)C)P(=O)(c2ccccc2)c2ccccc2)cc1. The highest BCUT2D eigenvalue weighted by Crippen LogP contribution is 2.58. The van der Waals surface area contributed by atoms with E-state index in [0.717, 1.165) is 21.9 Å². The van der Waals surface area contributed by atoms with E-state index in [1.165, 1.54) is 0 Å². The van der Waals surface area contributed by atoms with Gasteiger partial charge in [-0.2, -0.15) is 0 Å². The van der Waals surface area contributed by atoms with Crippen LogP contribution in [0.3, 0.4) is 0 Å². The molecule has 0 aliphatic carbocycles. The topological polar surface area (TPSA) is 29.5 Å². The van der Waals surface area contributed by atoms with E-state index < -0.39 is 21.3 Å². The van der Waals surface area contributed by atoms with Crippen LogP contribution in [0, 0.1) is 0 Å². The smallest absolute Gasteiger partial charge is 0.185 e. The van der Waals surface area contributed by atoms with E-state index in [1.54, 1.807) is 0 Å². The summed E-state index contributed by atoms with van der Waals surface area (Å²) in [4.78, 5) is 2.06. The molecule has 0 bridgehead atoms. The number of benzene rings is 3. The first-order valence-corrected chi connectivity index (χ1v) is 15.1. The highest BCUT2D eigenvalue weighted by atomic mass is 31.2. The van der Waals surface area contributed by atoms with Crippen LogP contribution in [0.25, 0.3) is 0 Å². The van der Waals surface area contributed by atoms with Crippen LogP contribution in [0.2, 0.25) is 19.6 Å². The molecule has 29 heavy (non-hydrogen) atoms. The van der Waals surface area contributed by atoms with Gasteiger partial charge in [-0.15, -0.1) is 0 Å². The zero-order valence-electron chi connectivity index (χ0n) is 17.9. The molecule has 3 aromatic carbocycles. The van der Waals surface area contributed by atoms with E-state index in [-0.39, 0.29) is 0 Å². The zero-order chi connectivity index (χ0) is 21.1. The quantitative estimate of drug-likeness (QED) is 0.365. The summed E-state index contributed by atoms with van der Waals surface area (Å²) in [6.07, 6.45) is 0. The van der Waals surface area contributed by atoms with Gasteiger partial charge in [0.15, 0.2) is 15.5 Å². The fraction of sp³-hybridized carbons (Fsp3) is 0.250. The molecule has 3 rings (SSSR count). The fourth-order valence-electron chi connectivity index (χ4n) is 3.34. The molecular formula is C24H30NO2PSi. The van der Waals surface area contributed by atoms with Gasteiger partial charge in [-0.3, -0.25) is 0 Å². The molecule has 0 aliphatic heterocycles. The Balaban J connectivity index is 2.22. The first kappa shape index (κ1) is 21.6. The third-order valence-corrected chi connectivity index (χ3v) is 9.11. The predicted molar refractivity (Wildman–Crippen MR) is 128 cm³/mol. The van der Waals surface area contributed by atoms with Crippen molar-refractivity contribution in [1.82, 2.24) is 0 Å². The van der Waals surface area contributed by atoms with Crippen LogP contribution in [0.15, 0.2) is 84.9 Å². The Morgan fingerprint density at radius 3 is 1.59 bits per heavy atom. The summed E-state index contributed by atoms with van der Waals surface area (Å²) in [7, 11) is -1.05. The molecular weight excluding hydrogens is 393 g/mol. The van der Waals surface area contributed by atoms with Crippen molar-refractivity contribution in [3.8, 4) is 0 Å². The van der Waals surface area contributed by atoms with Gasteiger partial charge < -0.3 is 13.9 Å². The van der Waals surface area contributed by atoms with E-state index in [4.69, 9.17) is 4.43 Å². The molecule has 0 fully saturated rings. The first-order valence-electron chi connectivity index (χ1n) is 9.88. The van der Waals surface area contributed by atoms with E-state index in [9.17, 15) is 4.57 Å². The molecule has 0 radical (unpaired) electrons. The molecule has 0 heterocycles. The zero-order valence-corrected chi connectivity index (χ0v) is 19.8. The Morgan fingerprint density at radius 2 is 1.21 bits per heavy atom. The summed E-state index contributed by atoms with van der Waals surface area (Å²) in [6.45, 7) is 6.44. The molecule has 0 aromatic heterocycles. The van der Waals surface area contributed by atoms with E-state index in [2.05, 4.69) is 48.8 Å². The van der Waals surface area contributed by atoms with Crippen molar-refractivity contribution in [3.05, 3.63) is 90.5 Å². The summed E-state index contributed by atoms with van der Waals surface area (Å²) in [5.41, 5.74) is 2.06. The van der Waals surface area contributed by atoms with E-state index >= 15 is 0 Å². The van der Waals surface area contributed by atoms with Crippen LogP contribution >= 0.6 is 7.14 Å². The minimum atomic E-state index is -3.09. The molecule has 1 atom stereocenters. The van der Waals surface area contributed by atoms with Crippen molar-refractivity contribution in [1.29, 1.82) is 0 Å². The Labute approximate surface area is 175 Å². The largest absolute Gasteiger partial charge is 0.403 e. The van der Waals surface area contributed by atoms with Gasteiger partial charge in [-0.25, -0.2) is 0 Å². The van der Waals surface area contributed by atoms with Gasteiger partial charge in [0.05, 0.1) is 0 Å². The fourth-order valence-corrected chi connectivity index (χ4v) is 8.35. The van der Waals surface area contributed by atoms with Crippen molar-refractivity contribution >= 4 is 31.8 Å². The van der Waals surface area contributed by atoms with Crippen LogP contribution in [0.1, 0.15) is 11.4 Å². The van der Waals surface area contributed by atoms with E-state index in [1.807, 2.05) is 74.8 Å². The van der Waals surface area contributed by atoms with Gasteiger partial charge in [0.25, 0.3) is 0 Å². The number of nitrogens with zero attached hydrogens (tertiary/aromatic N) is 1. The Kier molecular flexibility index (Phi) is 6.48. The molecule has 0 amide bonds. The van der Waals surface area contributed by atoms with Crippen molar-refractivity contribution in [2.24, 2.45) is 0 Å². The van der Waals surface area contributed by atoms with Crippen LogP contribution in [-0.2, 0) is 8.99 Å². The number of hydrogen-bond donors (Lipinski definition) is 0. The average Bonchev–Trinajstić information content (AvgIpc) is 2.72. The second kappa shape index (κ2) is 8.70. The Morgan fingerprint density at radius 1 is 0.759 bits per heavy atom. The summed E-state index contributed by atoms with van der Waals surface area (Å²) in [5, 5.41) is 1.65. The lowest BCUT2D eigenvalue weighted by Crippen LogP contribution is -2.32. The summed E-state index contributed by atoms with van der Waals surface area (Å²) in [6, 6.07) is 27.8.